The SMILES string of the molecule is CNc1nc(NCc2ccc(OC)c(OC)c2)c2ccccc2n1. The molecule has 0 radical (unpaired) electrons. The van der Waals surface area contributed by atoms with Crippen LogP contribution in [0.4, 0.5) is 11.8 Å². The minimum Gasteiger partial charge on any atom is -0.493 e. The summed E-state index contributed by atoms with van der Waals surface area (Å²) in [5.41, 5.74) is 1.97. The predicted molar refractivity (Wildman–Crippen MR) is 96.0 cm³/mol. The van der Waals surface area contributed by atoms with Gasteiger partial charge in [-0.15, -0.1) is 0 Å². The molecular weight excluding hydrogens is 304 g/mol. The Kier molecular flexibility index (Phi) is 4.65. The maximum absolute atomic E-state index is 5.35. The molecule has 0 unspecified atom stereocenters. The quantitative estimate of drug-likeness (QED) is 0.725. The zero-order chi connectivity index (χ0) is 16.9. The Labute approximate surface area is 140 Å². The predicted octanol–water partition coefficient (Wildman–Crippen LogP) is 3.30. The van der Waals surface area contributed by atoms with Crippen molar-refractivity contribution in [2.75, 3.05) is 31.9 Å². The summed E-state index contributed by atoms with van der Waals surface area (Å²) < 4.78 is 10.6. The average molecular weight is 324 g/mol. The van der Waals surface area contributed by atoms with Crippen LogP contribution in [-0.4, -0.2) is 31.2 Å². The second kappa shape index (κ2) is 7.04. The van der Waals surface area contributed by atoms with Gasteiger partial charge < -0.3 is 20.1 Å². The molecular formula is C18H20N4O2. The lowest BCUT2D eigenvalue weighted by Crippen LogP contribution is -2.06. The number of hydrogen-bond acceptors (Lipinski definition) is 6. The van der Waals surface area contributed by atoms with E-state index in [0.29, 0.717) is 24.0 Å². The third kappa shape index (κ3) is 3.17. The Bertz CT molecular complexity index is 852. The van der Waals surface area contributed by atoms with Crippen molar-refractivity contribution in [3.05, 3.63) is 48.0 Å². The highest BCUT2D eigenvalue weighted by molar-refractivity contribution is 5.89. The van der Waals surface area contributed by atoms with Crippen LogP contribution in [0.1, 0.15) is 5.56 Å². The van der Waals surface area contributed by atoms with Crippen LogP contribution in [0.25, 0.3) is 10.9 Å². The summed E-state index contributed by atoms with van der Waals surface area (Å²) in [5, 5.41) is 7.36. The van der Waals surface area contributed by atoms with Crippen LogP contribution >= 0.6 is 0 Å². The molecule has 24 heavy (non-hydrogen) atoms. The minimum absolute atomic E-state index is 0.587. The van der Waals surface area contributed by atoms with E-state index in [-0.39, 0.29) is 0 Å². The molecule has 6 nitrogen and oxygen atoms in total. The molecule has 124 valence electrons. The van der Waals surface area contributed by atoms with Crippen LogP contribution in [0, 0.1) is 0 Å². The van der Waals surface area contributed by atoms with Crippen LogP contribution < -0.4 is 20.1 Å². The van der Waals surface area contributed by atoms with E-state index in [4.69, 9.17) is 9.47 Å². The highest BCUT2D eigenvalue weighted by Crippen LogP contribution is 2.28. The van der Waals surface area contributed by atoms with Gasteiger partial charge in [-0.25, -0.2) is 4.98 Å². The summed E-state index contributed by atoms with van der Waals surface area (Å²) in [6, 6.07) is 13.8. The molecule has 0 amide bonds. The van der Waals surface area contributed by atoms with E-state index in [9.17, 15) is 0 Å². The average Bonchev–Trinajstić information content (AvgIpc) is 2.65. The van der Waals surface area contributed by atoms with Gasteiger partial charge in [-0.1, -0.05) is 18.2 Å². The number of nitrogens with one attached hydrogen (secondary N) is 2. The normalized spacial score (nSPS) is 10.5. The molecule has 6 heteroatoms. The van der Waals surface area contributed by atoms with Crippen LogP contribution in [0.15, 0.2) is 42.5 Å². The Morgan fingerprint density at radius 2 is 1.75 bits per heavy atom. The number of methoxy groups -OCH3 is 2. The van der Waals surface area contributed by atoms with E-state index < -0.39 is 0 Å². The third-order valence-corrected chi connectivity index (χ3v) is 3.73. The molecule has 0 bridgehead atoms. The van der Waals surface area contributed by atoms with Gasteiger partial charge in [0.1, 0.15) is 5.82 Å². The number of ether oxygens (including phenoxy) is 2. The van der Waals surface area contributed by atoms with Gasteiger partial charge in [-0.3, -0.25) is 0 Å². The maximum atomic E-state index is 5.35. The van der Waals surface area contributed by atoms with Crippen molar-refractivity contribution in [2.24, 2.45) is 0 Å². The Hall–Kier alpha value is -3.02. The monoisotopic (exact) mass is 324 g/mol. The molecule has 0 saturated heterocycles. The second-order valence-corrected chi connectivity index (χ2v) is 5.21. The maximum Gasteiger partial charge on any atom is 0.224 e. The van der Waals surface area contributed by atoms with E-state index in [2.05, 4.69) is 20.6 Å². The van der Waals surface area contributed by atoms with Gasteiger partial charge in [0, 0.05) is 19.0 Å². The first-order valence-electron chi connectivity index (χ1n) is 7.64. The summed E-state index contributed by atoms with van der Waals surface area (Å²) in [4.78, 5) is 8.98. The minimum atomic E-state index is 0.587. The summed E-state index contributed by atoms with van der Waals surface area (Å²) in [5.74, 6) is 2.80. The Balaban J connectivity index is 1.88. The van der Waals surface area contributed by atoms with E-state index in [1.807, 2.05) is 49.5 Å². The lowest BCUT2D eigenvalue weighted by atomic mass is 10.2. The number of benzene rings is 2. The number of para-hydroxylation sites is 1. The van der Waals surface area contributed by atoms with Gasteiger partial charge >= 0.3 is 0 Å². The highest BCUT2D eigenvalue weighted by Gasteiger charge is 2.08. The summed E-state index contributed by atoms with van der Waals surface area (Å²) >= 11 is 0. The molecule has 0 aliphatic carbocycles. The molecule has 3 rings (SSSR count). The third-order valence-electron chi connectivity index (χ3n) is 3.73. The first kappa shape index (κ1) is 15.9. The number of anilines is 2. The van der Waals surface area contributed by atoms with Crippen molar-refractivity contribution in [1.29, 1.82) is 0 Å². The fourth-order valence-electron chi connectivity index (χ4n) is 2.50. The topological polar surface area (TPSA) is 68.3 Å². The molecule has 0 spiro atoms. The first-order valence-corrected chi connectivity index (χ1v) is 7.64. The van der Waals surface area contributed by atoms with Crippen LogP contribution in [0.3, 0.4) is 0 Å². The van der Waals surface area contributed by atoms with Gasteiger partial charge in [-0.2, -0.15) is 4.98 Å². The smallest absolute Gasteiger partial charge is 0.224 e. The first-order chi connectivity index (χ1) is 11.7. The molecule has 0 saturated carbocycles. The number of aromatic nitrogens is 2. The van der Waals surface area contributed by atoms with Gasteiger partial charge in [0.15, 0.2) is 11.5 Å². The largest absolute Gasteiger partial charge is 0.493 e. The van der Waals surface area contributed by atoms with Crippen molar-refractivity contribution in [3.63, 3.8) is 0 Å². The molecule has 2 N–H and O–H groups in total. The van der Waals surface area contributed by atoms with Crippen LogP contribution in [-0.2, 0) is 6.54 Å². The molecule has 3 aromatic rings. The zero-order valence-corrected chi connectivity index (χ0v) is 14.0. The van der Waals surface area contributed by atoms with Crippen molar-refractivity contribution in [3.8, 4) is 11.5 Å². The van der Waals surface area contributed by atoms with E-state index in [1.165, 1.54) is 0 Å². The number of rotatable bonds is 6. The van der Waals surface area contributed by atoms with Crippen LogP contribution in [0.5, 0.6) is 11.5 Å². The molecule has 1 heterocycles. The van der Waals surface area contributed by atoms with Gasteiger partial charge in [0.2, 0.25) is 5.95 Å². The fourth-order valence-corrected chi connectivity index (χ4v) is 2.50. The molecule has 1 aromatic heterocycles. The van der Waals surface area contributed by atoms with Gasteiger partial charge in [-0.05, 0) is 29.8 Å². The summed E-state index contributed by atoms with van der Waals surface area (Å²) in [7, 11) is 5.07. The molecule has 2 aromatic carbocycles. The second-order valence-electron chi connectivity index (χ2n) is 5.21. The number of fused-ring (bicyclic) bond motifs is 1. The van der Waals surface area contributed by atoms with E-state index in [0.717, 1.165) is 22.3 Å². The van der Waals surface area contributed by atoms with Gasteiger partial charge in [0.05, 0.1) is 19.7 Å². The molecule has 0 atom stereocenters. The number of nitrogens with zero attached hydrogens (tertiary/aromatic N) is 2. The Morgan fingerprint density at radius 3 is 2.50 bits per heavy atom. The van der Waals surface area contributed by atoms with E-state index in [1.54, 1.807) is 14.2 Å². The molecule has 0 aliphatic heterocycles. The fraction of sp³-hybridized carbons (Fsp3) is 0.222. The lowest BCUT2D eigenvalue weighted by Gasteiger charge is -2.12. The summed E-state index contributed by atoms with van der Waals surface area (Å²) in [6.07, 6.45) is 0. The van der Waals surface area contributed by atoms with Crippen molar-refractivity contribution in [1.82, 2.24) is 9.97 Å². The molecule has 0 fully saturated rings. The van der Waals surface area contributed by atoms with Gasteiger partial charge in [0.25, 0.3) is 0 Å². The lowest BCUT2D eigenvalue weighted by molar-refractivity contribution is 0.354. The Morgan fingerprint density at radius 1 is 0.958 bits per heavy atom. The van der Waals surface area contributed by atoms with Crippen molar-refractivity contribution in [2.45, 2.75) is 6.54 Å². The van der Waals surface area contributed by atoms with Crippen LogP contribution in [0.2, 0.25) is 0 Å². The van der Waals surface area contributed by atoms with E-state index >= 15 is 0 Å². The van der Waals surface area contributed by atoms with Crippen molar-refractivity contribution < 1.29 is 9.47 Å². The molecule has 0 aliphatic rings. The standard InChI is InChI=1S/C18H20N4O2/c1-19-18-21-14-7-5-4-6-13(14)17(22-18)20-11-12-8-9-15(23-2)16(10-12)24-3/h4-10H,11H2,1-3H3,(H2,19,20,21,22). The number of hydrogen-bond donors (Lipinski definition) is 2. The summed E-state index contributed by atoms with van der Waals surface area (Å²) in [6.45, 7) is 0.616. The van der Waals surface area contributed by atoms with Crippen molar-refractivity contribution >= 4 is 22.7 Å². The zero-order valence-electron chi connectivity index (χ0n) is 14.0. The highest BCUT2D eigenvalue weighted by atomic mass is 16.5.